The molecule has 2 aromatic carbocycles. The van der Waals surface area contributed by atoms with Crippen LogP contribution in [-0.4, -0.2) is 47.0 Å². The molecule has 2 fully saturated rings. The number of carbonyl (C=O) groups is 1. The first-order chi connectivity index (χ1) is 13.6. The summed E-state index contributed by atoms with van der Waals surface area (Å²) in [7, 11) is 0. The van der Waals surface area contributed by atoms with E-state index in [0.717, 1.165) is 68.2 Å². The van der Waals surface area contributed by atoms with Crippen LogP contribution in [0.2, 0.25) is 5.02 Å². The summed E-state index contributed by atoms with van der Waals surface area (Å²) in [6, 6.07) is 9.57. The summed E-state index contributed by atoms with van der Waals surface area (Å²) in [5.74, 6) is 0.837. The van der Waals surface area contributed by atoms with E-state index >= 15 is 0 Å². The number of phenols is 1. The maximum atomic E-state index is 12.9. The molecule has 0 atom stereocenters. The second-order valence-corrected chi connectivity index (χ2v) is 8.61. The van der Waals surface area contributed by atoms with Crippen LogP contribution >= 0.6 is 11.6 Å². The van der Waals surface area contributed by atoms with Gasteiger partial charge < -0.3 is 10.0 Å². The molecule has 4 nitrogen and oxygen atoms in total. The Labute approximate surface area is 172 Å². The molecule has 150 valence electrons. The molecular weight excluding hydrogens is 372 g/mol. The fourth-order valence-electron chi connectivity index (χ4n) is 4.62. The Morgan fingerprint density at radius 3 is 2.32 bits per heavy atom. The average Bonchev–Trinajstić information content (AvgIpc) is 3.01. The van der Waals surface area contributed by atoms with Crippen molar-refractivity contribution in [3.8, 4) is 5.75 Å². The molecule has 0 saturated carbocycles. The van der Waals surface area contributed by atoms with Crippen molar-refractivity contribution in [2.75, 3.05) is 26.2 Å². The molecule has 0 bridgehead atoms. The number of rotatable bonds is 3. The molecule has 0 radical (unpaired) electrons. The van der Waals surface area contributed by atoms with Crippen LogP contribution in [0.1, 0.15) is 44.1 Å². The van der Waals surface area contributed by atoms with E-state index < -0.39 is 0 Å². The number of phenolic OH excluding ortho intramolecular Hbond substituents is 1. The minimum atomic E-state index is 0.156. The normalized spacial score (nSPS) is 19.7. The first-order valence-electron chi connectivity index (χ1n) is 10.5. The largest absolute Gasteiger partial charge is 0.507 e. The lowest BCUT2D eigenvalue weighted by Crippen LogP contribution is -2.42. The van der Waals surface area contributed by atoms with E-state index in [1.807, 2.05) is 30.3 Å². The lowest BCUT2D eigenvalue weighted by Gasteiger charge is -2.34. The lowest BCUT2D eigenvalue weighted by molar-refractivity contribution is -0.137. The molecule has 0 aliphatic carbocycles. The van der Waals surface area contributed by atoms with Crippen LogP contribution in [0.5, 0.6) is 5.75 Å². The number of nitrogens with zero attached hydrogens (tertiary/aromatic N) is 2. The van der Waals surface area contributed by atoms with Gasteiger partial charge in [0.25, 0.3) is 0 Å². The van der Waals surface area contributed by atoms with Gasteiger partial charge in [0.2, 0.25) is 5.91 Å². The number of hydrogen-bond donors (Lipinski definition) is 1. The van der Waals surface area contributed by atoms with Crippen molar-refractivity contribution in [2.24, 2.45) is 5.92 Å². The third-order valence-electron chi connectivity index (χ3n) is 6.29. The second kappa shape index (κ2) is 8.71. The highest BCUT2D eigenvalue weighted by Crippen LogP contribution is 2.35. The number of piperidine rings is 1. The molecule has 5 heteroatoms. The van der Waals surface area contributed by atoms with E-state index in [9.17, 15) is 9.90 Å². The molecule has 0 unspecified atom stereocenters. The van der Waals surface area contributed by atoms with Gasteiger partial charge in [-0.1, -0.05) is 48.7 Å². The van der Waals surface area contributed by atoms with Crippen molar-refractivity contribution in [3.63, 3.8) is 0 Å². The zero-order valence-electron chi connectivity index (χ0n) is 16.4. The van der Waals surface area contributed by atoms with Gasteiger partial charge in [0.05, 0.1) is 0 Å². The summed E-state index contributed by atoms with van der Waals surface area (Å²) in [5.41, 5.74) is 0.862. The van der Waals surface area contributed by atoms with E-state index in [2.05, 4.69) is 9.80 Å². The molecule has 0 spiro atoms. The minimum absolute atomic E-state index is 0.156. The molecule has 28 heavy (non-hydrogen) atoms. The first kappa shape index (κ1) is 19.5. The van der Waals surface area contributed by atoms with Crippen LogP contribution in [0.15, 0.2) is 30.3 Å². The van der Waals surface area contributed by atoms with Crippen molar-refractivity contribution < 1.29 is 9.90 Å². The van der Waals surface area contributed by atoms with Crippen LogP contribution in [0, 0.1) is 5.92 Å². The quantitative estimate of drug-likeness (QED) is 0.803. The maximum absolute atomic E-state index is 12.9. The highest BCUT2D eigenvalue weighted by Gasteiger charge is 2.29. The fraction of sp³-hybridized carbons (Fsp3) is 0.522. The van der Waals surface area contributed by atoms with Gasteiger partial charge in [-0.05, 0) is 44.8 Å². The fourth-order valence-corrected chi connectivity index (χ4v) is 4.92. The lowest BCUT2D eigenvalue weighted by atomic mass is 9.94. The smallest absolute Gasteiger partial charge is 0.225 e. The molecule has 1 amide bonds. The van der Waals surface area contributed by atoms with E-state index in [-0.39, 0.29) is 5.92 Å². The Bertz CT molecular complexity index is 838. The van der Waals surface area contributed by atoms with Gasteiger partial charge in [0.1, 0.15) is 5.75 Å². The van der Waals surface area contributed by atoms with E-state index in [1.165, 1.54) is 12.8 Å². The average molecular weight is 401 g/mol. The summed E-state index contributed by atoms with van der Waals surface area (Å²) in [6.45, 7) is 4.30. The Morgan fingerprint density at radius 2 is 1.64 bits per heavy atom. The number of halogens is 1. The first-order valence-corrected chi connectivity index (χ1v) is 10.9. The molecular formula is C23H29ClN2O2. The summed E-state index contributed by atoms with van der Waals surface area (Å²) in [4.78, 5) is 17.3. The van der Waals surface area contributed by atoms with Gasteiger partial charge >= 0.3 is 0 Å². The SMILES string of the molecule is O=C(C1CCN(Cc2cc(Cl)c3ccccc3c2O)CC1)N1CCCCCC1. The molecule has 1 N–H and O–H groups in total. The van der Waals surface area contributed by atoms with Crippen LogP contribution in [0.3, 0.4) is 0 Å². The highest BCUT2D eigenvalue weighted by molar-refractivity contribution is 6.35. The van der Waals surface area contributed by atoms with Crippen LogP contribution in [0.25, 0.3) is 10.8 Å². The topological polar surface area (TPSA) is 43.8 Å². The Kier molecular flexibility index (Phi) is 6.07. The van der Waals surface area contributed by atoms with Gasteiger partial charge in [0, 0.05) is 46.9 Å². The van der Waals surface area contributed by atoms with Crippen molar-refractivity contribution in [3.05, 3.63) is 40.9 Å². The third-order valence-corrected chi connectivity index (χ3v) is 6.61. The number of carbonyl (C=O) groups excluding carboxylic acids is 1. The van der Waals surface area contributed by atoms with Crippen LogP contribution in [-0.2, 0) is 11.3 Å². The van der Waals surface area contributed by atoms with Crippen molar-refractivity contribution in [2.45, 2.75) is 45.1 Å². The molecule has 2 aliphatic rings. The minimum Gasteiger partial charge on any atom is -0.507 e. The Hall–Kier alpha value is -1.78. The molecule has 2 aromatic rings. The maximum Gasteiger partial charge on any atom is 0.225 e. The van der Waals surface area contributed by atoms with E-state index in [1.54, 1.807) is 0 Å². The van der Waals surface area contributed by atoms with Gasteiger partial charge in [-0.25, -0.2) is 0 Å². The summed E-state index contributed by atoms with van der Waals surface area (Å²) in [5, 5.41) is 13.1. The zero-order valence-corrected chi connectivity index (χ0v) is 17.1. The molecule has 2 heterocycles. The van der Waals surface area contributed by atoms with Gasteiger partial charge in [0.15, 0.2) is 0 Å². The second-order valence-electron chi connectivity index (χ2n) is 8.20. The van der Waals surface area contributed by atoms with E-state index in [0.29, 0.717) is 23.2 Å². The summed E-state index contributed by atoms with van der Waals surface area (Å²) in [6.07, 6.45) is 6.59. The number of likely N-dealkylation sites (tertiary alicyclic amines) is 2. The third kappa shape index (κ3) is 4.13. The number of amides is 1. The van der Waals surface area contributed by atoms with Gasteiger partial charge in [-0.2, -0.15) is 0 Å². The number of aromatic hydroxyl groups is 1. The van der Waals surface area contributed by atoms with Gasteiger partial charge in [-0.15, -0.1) is 0 Å². The van der Waals surface area contributed by atoms with E-state index in [4.69, 9.17) is 11.6 Å². The number of hydrogen-bond acceptors (Lipinski definition) is 3. The Morgan fingerprint density at radius 1 is 1.00 bits per heavy atom. The number of benzene rings is 2. The van der Waals surface area contributed by atoms with Crippen molar-refractivity contribution in [1.29, 1.82) is 0 Å². The van der Waals surface area contributed by atoms with Crippen LogP contribution < -0.4 is 0 Å². The highest BCUT2D eigenvalue weighted by atomic mass is 35.5. The molecule has 4 rings (SSSR count). The van der Waals surface area contributed by atoms with Crippen LogP contribution in [0.4, 0.5) is 0 Å². The Balaban J connectivity index is 1.39. The predicted molar refractivity (Wildman–Crippen MR) is 114 cm³/mol. The molecule has 0 aromatic heterocycles. The van der Waals surface area contributed by atoms with Crippen molar-refractivity contribution >= 4 is 28.3 Å². The number of fused-ring (bicyclic) bond motifs is 1. The monoisotopic (exact) mass is 400 g/mol. The predicted octanol–water partition coefficient (Wildman–Crippen LogP) is 4.81. The zero-order chi connectivity index (χ0) is 19.5. The summed E-state index contributed by atoms with van der Waals surface area (Å²) < 4.78 is 0. The molecule has 2 aliphatic heterocycles. The standard InChI is InChI=1S/C23H29ClN2O2/c24-21-15-18(22(27)20-8-4-3-7-19(20)21)16-25-13-9-17(10-14-25)23(28)26-11-5-1-2-6-12-26/h3-4,7-8,15,17,27H,1-2,5-6,9-14,16H2. The van der Waals surface area contributed by atoms with Crippen molar-refractivity contribution in [1.82, 2.24) is 9.80 Å². The summed E-state index contributed by atoms with van der Waals surface area (Å²) >= 11 is 6.44. The molecule has 2 saturated heterocycles. The van der Waals surface area contributed by atoms with Gasteiger partial charge in [-0.3, -0.25) is 9.69 Å².